The van der Waals surface area contributed by atoms with Crippen molar-refractivity contribution in [3.63, 3.8) is 0 Å². The molecule has 0 bridgehead atoms. The van der Waals surface area contributed by atoms with Crippen molar-refractivity contribution < 1.29 is 0 Å². The van der Waals surface area contributed by atoms with Gasteiger partial charge in [0.1, 0.15) is 5.82 Å². The van der Waals surface area contributed by atoms with Crippen molar-refractivity contribution in [2.24, 2.45) is 0 Å². The van der Waals surface area contributed by atoms with Crippen LogP contribution in [0.25, 0.3) is 5.69 Å². The van der Waals surface area contributed by atoms with Crippen LogP contribution in [0.1, 0.15) is 22.8 Å². The maximum atomic E-state index is 5.93. The van der Waals surface area contributed by atoms with Crippen molar-refractivity contribution in [1.82, 2.24) is 9.55 Å². The third-order valence-electron chi connectivity index (χ3n) is 3.03. The Hall–Kier alpha value is -1.77. The second kappa shape index (κ2) is 3.67. The first-order chi connectivity index (χ1) is 7.50. The number of imidazole rings is 1. The van der Waals surface area contributed by atoms with E-state index < -0.39 is 0 Å². The molecule has 0 fully saturated rings. The standard InChI is InChI=1S/C13H17N3/c1-8-5-6-12(7-13(8)14)16-10(3)9(2)15-11(16)4/h5-7H,14H2,1-4H3. The molecule has 16 heavy (non-hydrogen) atoms. The second-order valence-electron chi connectivity index (χ2n) is 4.21. The van der Waals surface area contributed by atoms with Crippen molar-refractivity contribution in [1.29, 1.82) is 0 Å². The second-order valence-corrected chi connectivity index (χ2v) is 4.21. The van der Waals surface area contributed by atoms with Crippen LogP contribution in [-0.4, -0.2) is 9.55 Å². The summed E-state index contributed by atoms with van der Waals surface area (Å²) < 4.78 is 2.13. The Morgan fingerprint density at radius 1 is 1.12 bits per heavy atom. The Balaban J connectivity index is 2.63. The van der Waals surface area contributed by atoms with E-state index in [0.29, 0.717) is 0 Å². The monoisotopic (exact) mass is 215 g/mol. The van der Waals surface area contributed by atoms with E-state index in [1.807, 2.05) is 32.9 Å². The molecule has 0 atom stereocenters. The highest BCUT2D eigenvalue weighted by molar-refractivity contribution is 5.54. The summed E-state index contributed by atoms with van der Waals surface area (Å²) in [7, 11) is 0. The molecule has 1 aromatic heterocycles. The van der Waals surface area contributed by atoms with Gasteiger partial charge in [-0.25, -0.2) is 4.98 Å². The highest BCUT2D eigenvalue weighted by Crippen LogP contribution is 2.21. The van der Waals surface area contributed by atoms with E-state index in [1.54, 1.807) is 0 Å². The summed E-state index contributed by atoms with van der Waals surface area (Å²) in [5.74, 6) is 0.998. The molecule has 0 amide bonds. The number of hydrogen-bond donors (Lipinski definition) is 1. The molecule has 0 aliphatic carbocycles. The van der Waals surface area contributed by atoms with Gasteiger partial charge in [-0.2, -0.15) is 0 Å². The van der Waals surface area contributed by atoms with Crippen LogP contribution in [0.3, 0.4) is 0 Å². The summed E-state index contributed by atoms with van der Waals surface area (Å²) in [5.41, 5.74) is 11.2. The summed E-state index contributed by atoms with van der Waals surface area (Å²) in [6.45, 7) is 8.12. The average molecular weight is 215 g/mol. The fourth-order valence-electron chi connectivity index (χ4n) is 1.93. The molecular weight excluding hydrogens is 198 g/mol. The molecule has 3 heteroatoms. The predicted molar refractivity (Wildman–Crippen MR) is 66.9 cm³/mol. The molecule has 0 radical (unpaired) electrons. The van der Waals surface area contributed by atoms with E-state index in [4.69, 9.17) is 5.73 Å². The highest BCUT2D eigenvalue weighted by atomic mass is 15.1. The topological polar surface area (TPSA) is 43.8 Å². The van der Waals surface area contributed by atoms with Crippen molar-refractivity contribution in [3.05, 3.63) is 41.0 Å². The van der Waals surface area contributed by atoms with E-state index in [2.05, 4.69) is 22.5 Å². The molecular formula is C13H17N3. The Kier molecular flexibility index (Phi) is 2.46. The average Bonchev–Trinajstić information content (AvgIpc) is 2.47. The fourth-order valence-corrected chi connectivity index (χ4v) is 1.93. The minimum atomic E-state index is 0.822. The fraction of sp³-hybridized carbons (Fsp3) is 0.308. The van der Waals surface area contributed by atoms with E-state index >= 15 is 0 Å². The van der Waals surface area contributed by atoms with Gasteiger partial charge in [-0.3, -0.25) is 0 Å². The number of aryl methyl sites for hydroxylation is 3. The molecule has 0 unspecified atom stereocenters. The van der Waals surface area contributed by atoms with Gasteiger partial charge in [-0.05, 0) is 45.4 Å². The number of rotatable bonds is 1. The number of benzene rings is 1. The van der Waals surface area contributed by atoms with Crippen LogP contribution in [0.4, 0.5) is 5.69 Å². The molecule has 0 saturated heterocycles. The lowest BCUT2D eigenvalue weighted by Gasteiger charge is -2.10. The molecule has 2 aromatic rings. The van der Waals surface area contributed by atoms with Crippen molar-refractivity contribution in [2.75, 3.05) is 5.73 Å². The number of hydrogen-bond acceptors (Lipinski definition) is 2. The Bertz CT molecular complexity index is 538. The number of nitrogens with two attached hydrogens (primary N) is 1. The molecule has 0 spiro atoms. The number of anilines is 1. The summed E-state index contributed by atoms with van der Waals surface area (Å²) in [4.78, 5) is 4.46. The first-order valence-electron chi connectivity index (χ1n) is 5.39. The zero-order valence-electron chi connectivity index (χ0n) is 10.2. The first-order valence-corrected chi connectivity index (χ1v) is 5.39. The molecule has 0 aliphatic heterocycles. The zero-order valence-corrected chi connectivity index (χ0v) is 10.2. The van der Waals surface area contributed by atoms with Crippen LogP contribution in [0.2, 0.25) is 0 Å². The molecule has 1 aromatic carbocycles. The normalized spacial score (nSPS) is 10.8. The molecule has 0 aliphatic rings. The minimum absolute atomic E-state index is 0.822. The largest absolute Gasteiger partial charge is 0.398 e. The quantitative estimate of drug-likeness (QED) is 0.743. The Morgan fingerprint density at radius 2 is 1.81 bits per heavy atom. The van der Waals surface area contributed by atoms with Crippen LogP contribution in [0.5, 0.6) is 0 Å². The van der Waals surface area contributed by atoms with Crippen molar-refractivity contribution >= 4 is 5.69 Å². The van der Waals surface area contributed by atoms with Gasteiger partial charge in [0.15, 0.2) is 0 Å². The van der Waals surface area contributed by atoms with Gasteiger partial charge in [0.2, 0.25) is 0 Å². The molecule has 2 N–H and O–H groups in total. The smallest absolute Gasteiger partial charge is 0.110 e. The van der Waals surface area contributed by atoms with Crippen LogP contribution in [0, 0.1) is 27.7 Å². The molecule has 0 saturated carbocycles. The van der Waals surface area contributed by atoms with Crippen molar-refractivity contribution in [3.8, 4) is 5.69 Å². The van der Waals surface area contributed by atoms with E-state index in [0.717, 1.165) is 28.5 Å². The Labute approximate surface area is 95.9 Å². The van der Waals surface area contributed by atoms with Gasteiger partial charge >= 0.3 is 0 Å². The van der Waals surface area contributed by atoms with Gasteiger partial charge in [0.05, 0.1) is 5.69 Å². The van der Waals surface area contributed by atoms with E-state index in [1.165, 1.54) is 5.69 Å². The van der Waals surface area contributed by atoms with Gasteiger partial charge in [-0.1, -0.05) is 6.07 Å². The maximum absolute atomic E-state index is 5.93. The molecule has 3 nitrogen and oxygen atoms in total. The number of nitrogens with zero attached hydrogens (tertiary/aromatic N) is 2. The maximum Gasteiger partial charge on any atom is 0.110 e. The molecule has 2 rings (SSSR count). The highest BCUT2D eigenvalue weighted by Gasteiger charge is 2.09. The van der Waals surface area contributed by atoms with Crippen LogP contribution in [0.15, 0.2) is 18.2 Å². The summed E-state index contributed by atoms with van der Waals surface area (Å²) in [6.07, 6.45) is 0. The van der Waals surface area contributed by atoms with Crippen molar-refractivity contribution in [2.45, 2.75) is 27.7 Å². The summed E-state index contributed by atoms with van der Waals surface area (Å²) in [5, 5.41) is 0. The predicted octanol–water partition coefficient (Wildman–Crippen LogP) is 2.69. The number of nitrogen functional groups attached to an aromatic ring is 1. The van der Waals surface area contributed by atoms with Crippen LogP contribution < -0.4 is 5.73 Å². The van der Waals surface area contributed by atoms with Crippen LogP contribution >= 0.6 is 0 Å². The van der Waals surface area contributed by atoms with Gasteiger partial charge in [0.25, 0.3) is 0 Å². The third-order valence-corrected chi connectivity index (χ3v) is 3.03. The minimum Gasteiger partial charge on any atom is -0.398 e. The zero-order chi connectivity index (χ0) is 11.9. The lowest BCUT2D eigenvalue weighted by Crippen LogP contribution is -2.01. The van der Waals surface area contributed by atoms with E-state index in [9.17, 15) is 0 Å². The molecule has 84 valence electrons. The summed E-state index contributed by atoms with van der Waals surface area (Å²) >= 11 is 0. The SMILES string of the molecule is Cc1ccc(-n2c(C)nc(C)c2C)cc1N. The molecule has 1 heterocycles. The van der Waals surface area contributed by atoms with E-state index in [-0.39, 0.29) is 0 Å². The Morgan fingerprint density at radius 3 is 2.31 bits per heavy atom. The first kappa shape index (κ1) is 10.7. The summed E-state index contributed by atoms with van der Waals surface area (Å²) in [6, 6.07) is 6.11. The van der Waals surface area contributed by atoms with Gasteiger partial charge in [-0.15, -0.1) is 0 Å². The lowest BCUT2D eigenvalue weighted by atomic mass is 10.2. The third kappa shape index (κ3) is 1.58. The van der Waals surface area contributed by atoms with Gasteiger partial charge in [0, 0.05) is 17.1 Å². The number of aromatic nitrogens is 2. The van der Waals surface area contributed by atoms with Crippen LogP contribution in [-0.2, 0) is 0 Å². The lowest BCUT2D eigenvalue weighted by molar-refractivity contribution is 0.940. The van der Waals surface area contributed by atoms with Gasteiger partial charge < -0.3 is 10.3 Å².